The summed E-state index contributed by atoms with van der Waals surface area (Å²) < 4.78 is 1.67. The molecule has 0 radical (unpaired) electrons. The van der Waals surface area contributed by atoms with Crippen molar-refractivity contribution < 1.29 is 5.26 Å². The summed E-state index contributed by atoms with van der Waals surface area (Å²) >= 11 is 0. The fourth-order valence-corrected chi connectivity index (χ4v) is 2.53. The topological polar surface area (TPSA) is 84.7 Å². The van der Waals surface area contributed by atoms with Gasteiger partial charge in [-0.05, 0) is 36.3 Å². The van der Waals surface area contributed by atoms with E-state index in [1.807, 2.05) is 42.5 Å². The lowest BCUT2D eigenvalue weighted by atomic mass is 10.0. The van der Waals surface area contributed by atoms with Crippen molar-refractivity contribution in [2.75, 3.05) is 5.73 Å². The number of nitrogens with two attached hydrogens (primary N) is 1. The van der Waals surface area contributed by atoms with Gasteiger partial charge < -0.3 is 5.73 Å². The average molecular weight is 305 g/mol. The van der Waals surface area contributed by atoms with Crippen LogP contribution in [-0.4, -0.2) is 9.78 Å². The first-order chi connectivity index (χ1) is 11.2. The molecule has 2 aromatic rings. The van der Waals surface area contributed by atoms with Crippen molar-refractivity contribution >= 4 is 11.4 Å². The summed E-state index contributed by atoms with van der Waals surface area (Å²) in [5.41, 5.74) is 8.61. The second-order valence-electron chi connectivity index (χ2n) is 5.47. The van der Waals surface area contributed by atoms with Gasteiger partial charge >= 0.3 is 0 Å². The van der Waals surface area contributed by atoms with Crippen LogP contribution in [0.2, 0.25) is 0 Å². The summed E-state index contributed by atoms with van der Waals surface area (Å²) in [5.74, 6) is -0.0476. The molecule has 0 saturated heterocycles. The average Bonchev–Trinajstić information content (AvgIpc) is 2.57. The van der Waals surface area contributed by atoms with Crippen LogP contribution in [0.5, 0.6) is 0 Å². The number of nitrogens with one attached hydrogen (secondary N) is 1. The van der Waals surface area contributed by atoms with Crippen LogP contribution in [0.15, 0.2) is 59.6 Å². The quantitative estimate of drug-likeness (QED) is 0.815. The lowest BCUT2D eigenvalue weighted by Crippen LogP contribution is -2.21. The second-order valence-corrected chi connectivity index (χ2v) is 5.47. The van der Waals surface area contributed by atoms with E-state index in [2.05, 4.69) is 11.2 Å². The molecule has 0 amide bonds. The zero-order chi connectivity index (χ0) is 16.2. The number of allylic oxidation sites excluding steroid dienone is 4. The highest BCUT2D eigenvalue weighted by atomic mass is 16.1. The number of rotatable bonds is 3. The Morgan fingerprint density at radius 2 is 2.26 bits per heavy atom. The number of nitrogens with zero attached hydrogens (tertiary/aromatic N) is 2. The van der Waals surface area contributed by atoms with E-state index in [1.54, 1.807) is 10.9 Å². The number of anilines is 1. The minimum Gasteiger partial charge on any atom is -0.399 e. The third-order valence-corrected chi connectivity index (χ3v) is 3.70. The molecule has 0 spiro atoms. The molecule has 1 aromatic heterocycles. The van der Waals surface area contributed by atoms with Crippen LogP contribution in [0, 0.1) is 12.0 Å². The number of benzene rings is 1. The first kappa shape index (κ1) is 14.8. The highest BCUT2D eigenvalue weighted by Crippen LogP contribution is 2.18. The zero-order valence-corrected chi connectivity index (χ0v) is 12.6. The highest BCUT2D eigenvalue weighted by Gasteiger charge is 2.13. The lowest BCUT2D eigenvalue weighted by molar-refractivity contribution is -0.0970. The molecular formula is C18H17N4O+. The molecule has 23 heavy (non-hydrogen) atoms. The van der Waals surface area contributed by atoms with Gasteiger partial charge in [0, 0.05) is 24.4 Å². The van der Waals surface area contributed by atoms with Gasteiger partial charge in [-0.25, -0.2) is 4.68 Å². The Balaban J connectivity index is 1.94. The van der Waals surface area contributed by atoms with E-state index in [4.69, 9.17) is 11.0 Å². The van der Waals surface area contributed by atoms with Gasteiger partial charge in [0.1, 0.15) is 11.6 Å². The summed E-state index contributed by atoms with van der Waals surface area (Å²) in [4.78, 5) is 12.1. The van der Waals surface area contributed by atoms with Gasteiger partial charge in [-0.1, -0.05) is 18.2 Å². The molecule has 0 aliphatic heterocycles. The molecule has 0 saturated carbocycles. The van der Waals surface area contributed by atoms with Crippen LogP contribution >= 0.6 is 0 Å². The Morgan fingerprint density at radius 1 is 1.39 bits per heavy atom. The van der Waals surface area contributed by atoms with Gasteiger partial charge in [-0.3, -0.25) is 4.79 Å². The largest absolute Gasteiger partial charge is 0.399 e. The predicted octanol–water partition coefficient (Wildman–Crippen LogP) is 0.606. The van der Waals surface area contributed by atoms with E-state index in [0.717, 1.165) is 17.7 Å². The Labute approximate surface area is 134 Å². The van der Waals surface area contributed by atoms with E-state index in [-0.39, 0.29) is 11.3 Å². The first-order valence-electron chi connectivity index (χ1n) is 7.40. The van der Waals surface area contributed by atoms with Crippen molar-refractivity contribution in [2.24, 2.45) is 5.92 Å². The van der Waals surface area contributed by atoms with Gasteiger partial charge in [0.2, 0.25) is 5.43 Å². The minimum absolute atomic E-state index is 0.0476. The van der Waals surface area contributed by atoms with E-state index >= 15 is 0 Å². The molecule has 0 bridgehead atoms. The summed E-state index contributed by atoms with van der Waals surface area (Å²) in [5, 5.41) is 11.7. The lowest BCUT2D eigenvalue weighted by Gasteiger charge is -2.12. The van der Waals surface area contributed by atoms with Crippen molar-refractivity contribution in [1.29, 1.82) is 0 Å². The number of hydrogen-bond acceptors (Lipinski definition) is 3. The summed E-state index contributed by atoms with van der Waals surface area (Å²) in [6, 6.07) is 11.4. The fraction of sp³-hybridized carbons (Fsp3) is 0.167. The second kappa shape index (κ2) is 6.32. The maximum atomic E-state index is 12.1. The van der Waals surface area contributed by atoms with Gasteiger partial charge in [0.25, 0.3) is 6.07 Å². The molecule has 1 atom stereocenters. The van der Waals surface area contributed by atoms with E-state index in [9.17, 15) is 4.79 Å². The Bertz CT molecular complexity index is 886. The molecule has 3 N–H and O–H groups in total. The van der Waals surface area contributed by atoms with E-state index in [1.165, 1.54) is 6.07 Å². The molecule has 1 aliphatic carbocycles. The third-order valence-electron chi connectivity index (χ3n) is 3.70. The van der Waals surface area contributed by atoms with Crippen molar-refractivity contribution in [3.8, 4) is 6.07 Å². The predicted molar refractivity (Wildman–Crippen MR) is 88.5 cm³/mol. The minimum atomic E-state index is -0.0979. The monoisotopic (exact) mass is 305 g/mol. The summed E-state index contributed by atoms with van der Waals surface area (Å²) in [6.07, 6.45) is 8.70. The van der Waals surface area contributed by atoms with Crippen molar-refractivity contribution in [3.63, 3.8) is 0 Å². The smallest absolute Gasteiger partial charge is 0.278 e. The Kier molecular flexibility index (Phi) is 4.07. The van der Waals surface area contributed by atoms with E-state index < -0.39 is 0 Å². The molecular weight excluding hydrogens is 288 g/mol. The molecule has 3 rings (SSSR count). The molecule has 1 unspecified atom stereocenters. The standard InChI is InChI=1S/C18H16N4O/c19-12-14-4-2-6-16(10-14)22-8-7-18(23)17(21-22)11-13-3-1-5-15(20)9-13/h1-3,5-10,14H,4,11,20H2/p+1. The van der Waals surface area contributed by atoms with Crippen molar-refractivity contribution in [2.45, 2.75) is 12.8 Å². The van der Waals surface area contributed by atoms with Gasteiger partial charge in [-0.15, -0.1) is 5.26 Å². The third kappa shape index (κ3) is 3.38. The maximum absolute atomic E-state index is 12.1. The molecule has 1 heterocycles. The molecule has 1 aliphatic rings. The van der Waals surface area contributed by atoms with Crippen LogP contribution in [0.25, 0.3) is 5.70 Å². The molecule has 1 aromatic carbocycles. The normalized spacial score (nSPS) is 16.7. The summed E-state index contributed by atoms with van der Waals surface area (Å²) in [6.45, 7) is 0. The number of hydrogen-bond donors (Lipinski definition) is 2. The molecule has 114 valence electrons. The van der Waals surface area contributed by atoms with Gasteiger partial charge in [0.05, 0.1) is 5.70 Å². The summed E-state index contributed by atoms with van der Waals surface area (Å²) in [7, 11) is 0. The van der Waals surface area contributed by atoms with Crippen LogP contribution in [0.4, 0.5) is 5.69 Å². The van der Waals surface area contributed by atoms with Crippen molar-refractivity contribution in [3.05, 3.63) is 76.2 Å². The van der Waals surface area contributed by atoms with Crippen LogP contribution < -0.4 is 16.4 Å². The molecule has 5 nitrogen and oxygen atoms in total. The van der Waals surface area contributed by atoms with Crippen LogP contribution in [0.1, 0.15) is 17.7 Å². The van der Waals surface area contributed by atoms with Crippen LogP contribution in [-0.2, 0) is 6.42 Å². The molecule has 0 fully saturated rings. The maximum Gasteiger partial charge on any atom is 0.278 e. The van der Waals surface area contributed by atoms with E-state index in [0.29, 0.717) is 17.8 Å². The first-order valence-corrected chi connectivity index (χ1v) is 7.40. The highest BCUT2D eigenvalue weighted by molar-refractivity contribution is 5.58. The van der Waals surface area contributed by atoms with Crippen LogP contribution in [0.3, 0.4) is 0 Å². The number of aromatic nitrogens is 2. The molecule has 5 heteroatoms. The zero-order valence-electron chi connectivity index (χ0n) is 12.6. The fourth-order valence-electron chi connectivity index (χ4n) is 2.53. The SMILES string of the molecule is [NH+]#CC1C=C(n2ccc(=O)c(Cc3cccc(N)c3)n2)C=CC1. The number of nitrogen functional groups attached to an aromatic ring is 1. The van der Waals surface area contributed by atoms with Gasteiger partial charge in [-0.2, -0.15) is 5.10 Å². The van der Waals surface area contributed by atoms with Gasteiger partial charge in [0.15, 0.2) is 0 Å². The Morgan fingerprint density at radius 3 is 3.04 bits per heavy atom. The Hall–Kier alpha value is -3.13. The van der Waals surface area contributed by atoms with Crippen molar-refractivity contribution in [1.82, 2.24) is 9.78 Å².